The van der Waals surface area contributed by atoms with Gasteiger partial charge in [-0.05, 0) is 56.7 Å². The number of nitrogens with one attached hydrogen (secondary N) is 1. The average Bonchev–Trinajstić information content (AvgIpc) is 2.53. The summed E-state index contributed by atoms with van der Waals surface area (Å²) in [6.07, 6.45) is 2.32. The molecule has 1 aliphatic rings. The number of benzene rings is 1. The number of hydrogen-bond donors (Lipinski definition) is 2. The fourth-order valence-corrected chi connectivity index (χ4v) is 3.45. The topological polar surface area (TPSA) is 52.6 Å². The second-order valence-electron chi connectivity index (χ2n) is 7.49. The standard InChI is InChI=1S/C19H29FN2O2/c1-14(23)22-9-7-15(8-10-22)12-19(2,3)21-13-18(24)16-5-4-6-17(20)11-16/h4-6,11,15,18,21,24H,7-10,12-13H2,1-3H3/t18-/m0/s1. The van der Waals surface area contributed by atoms with E-state index in [2.05, 4.69) is 19.2 Å². The van der Waals surface area contributed by atoms with Crippen LogP contribution in [0.1, 0.15) is 51.7 Å². The monoisotopic (exact) mass is 336 g/mol. The molecule has 2 N–H and O–H groups in total. The molecule has 0 bridgehead atoms. The molecular weight excluding hydrogens is 307 g/mol. The van der Waals surface area contributed by atoms with E-state index in [1.54, 1.807) is 19.1 Å². The van der Waals surface area contributed by atoms with E-state index in [1.165, 1.54) is 12.1 Å². The highest BCUT2D eigenvalue weighted by atomic mass is 19.1. The molecule has 134 valence electrons. The Morgan fingerprint density at radius 3 is 2.67 bits per heavy atom. The highest BCUT2D eigenvalue weighted by molar-refractivity contribution is 5.73. The van der Waals surface area contributed by atoms with Crippen LogP contribution in [0.3, 0.4) is 0 Å². The van der Waals surface area contributed by atoms with Crippen LogP contribution >= 0.6 is 0 Å². The van der Waals surface area contributed by atoms with Crippen LogP contribution in [0.2, 0.25) is 0 Å². The van der Waals surface area contributed by atoms with Crippen molar-refractivity contribution < 1.29 is 14.3 Å². The number of carbonyl (C=O) groups is 1. The van der Waals surface area contributed by atoms with Gasteiger partial charge in [0, 0.05) is 32.1 Å². The summed E-state index contributed by atoms with van der Waals surface area (Å²) < 4.78 is 13.2. The molecule has 0 radical (unpaired) electrons. The van der Waals surface area contributed by atoms with Crippen LogP contribution in [0.4, 0.5) is 4.39 Å². The van der Waals surface area contributed by atoms with E-state index in [1.807, 2.05) is 4.90 Å². The minimum absolute atomic E-state index is 0.114. The summed E-state index contributed by atoms with van der Waals surface area (Å²) in [7, 11) is 0. The maximum atomic E-state index is 13.2. The maximum Gasteiger partial charge on any atom is 0.219 e. The van der Waals surface area contributed by atoms with Gasteiger partial charge in [0.2, 0.25) is 5.91 Å². The van der Waals surface area contributed by atoms with Gasteiger partial charge in [0.15, 0.2) is 0 Å². The number of β-amino-alcohol motifs (C(OH)–C–C–N with tert-alkyl or cyclic N) is 1. The number of amides is 1. The molecule has 1 amide bonds. The molecule has 1 aromatic rings. The van der Waals surface area contributed by atoms with Gasteiger partial charge in [0.25, 0.3) is 0 Å². The van der Waals surface area contributed by atoms with Crippen molar-refractivity contribution in [2.45, 2.75) is 51.7 Å². The maximum absolute atomic E-state index is 13.2. The van der Waals surface area contributed by atoms with Crippen molar-refractivity contribution in [2.24, 2.45) is 5.92 Å². The van der Waals surface area contributed by atoms with Gasteiger partial charge in [0.05, 0.1) is 6.10 Å². The van der Waals surface area contributed by atoms with Crippen molar-refractivity contribution >= 4 is 5.91 Å². The van der Waals surface area contributed by atoms with Gasteiger partial charge < -0.3 is 15.3 Å². The van der Waals surface area contributed by atoms with Crippen molar-refractivity contribution in [3.05, 3.63) is 35.6 Å². The lowest BCUT2D eigenvalue weighted by Gasteiger charge is -2.36. The lowest BCUT2D eigenvalue weighted by atomic mass is 9.84. The third-order valence-electron chi connectivity index (χ3n) is 4.87. The number of rotatable bonds is 6. The molecule has 0 aromatic heterocycles. The predicted molar refractivity (Wildman–Crippen MR) is 93.0 cm³/mol. The lowest BCUT2D eigenvalue weighted by Crippen LogP contribution is -2.45. The zero-order valence-corrected chi connectivity index (χ0v) is 14.9. The van der Waals surface area contributed by atoms with Gasteiger partial charge in [-0.25, -0.2) is 4.39 Å². The number of nitrogens with zero attached hydrogens (tertiary/aromatic N) is 1. The van der Waals surface area contributed by atoms with E-state index in [0.717, 1.165) is 32.4 Å². The largest absolute Gasteiger partial charge is 0.387 e. The number of piperidine rings is 1. The number of aliphatic hydroxyl groups excluding tert-OH is 1. The molecule has 0 spiro atoms. The quantitative estimate of drug-likeness (QED) is 0.840. The van der Waals surface area contributed by atoms with E-state index in [0.29, 0.717) is 18.0 Å². The molecule has 1 atom stereocenters. The zero-order chi connectivity index (χ0) is 17.7. The highest BCUT2D eigenvalue weighted by Crippen LogP contribution is 2.27. The Morgan fingerprint density at radius 1 is 1.42 bits per heavy atom. The minimum atomic E-state index is -0.723. The third kappa shape index (κ3) is 5.56. The summed E-state index contributed by atoms with van der Waals surface area (Å²) in [5, 5.41) is 13.6. The Bertz CT molecular complexity index is 554. The summed E-state index contributed by atoms with van der Waals surface area (Å²) in [6.45, 7) is 7.94. The first kappa shape index (κ1) is 18.9. The smallest absolute Gasteiger partial charge is 0.219 e. The van der Waals surface area contributed by atoms with Crippen LogP contribution in [-0.2, 0) is 4.79 Å². The molecule has 0 saturated carbocycles. The van der Waals surface area contributed by atoms with Crippen LogP contribution in [0.5, 0.6) is 0 Å². The summed E-state index contributed by atoms with van der Waals surface area (Å²) in [4.78, 5) is 13.3. The molecule has 1 heterocycles. The fraction of sp³-hybridized carbons (Fsp3) is 0.632. The van der Waals surface area contributed by atoms with Crippen molar-refractivity contribution in [1.29, 1.82) is 0 Å². The molecule has 0 unspecified atom stereocenters. The first-order valence-electron chi connectivity index (χ1n) is 8.71. The molecular formula is C19H29FN2O2. The number of likely N-dealkylation sites (tertiary alicyclic amines) is 1. The second kappa shape index (κ2) is 8.08. The molecule has 1 saturated heterocycles. The second-order valence-corrected chi connectivity index (χ2v) is 7.49. The number of hydrogen-bond acceptors (Lipinski definition) is 3. The van der Waals surface area contributed by atoms with Crippen molar-refractivity contribution in [3.8, 4) is 0 Å². The van der Waals surface area contributed by atoms with E-state index in [4.69, 9.17) is 0 Å². The summed E-state index contributed by atoms with van der Waals surface area (Å²) in [5.41, 5.74) is 0.477. The van der Waals surface area contributed by atoms with Gasteiger partial charge >= 0.3 is 0 Å². The van der Waals surface area contributed by atoms with E-state index < -0.39 is 6.10 Å². The van der Waals surface area contributed by atoms with Crippen LogP contribution < -0.4 is 5.32 Å². The van der Waals surface area contributed by atoms with Crippen LogP contribution in [0.15, 0.2) is 24.3 Å². The Hall–Kier alpha value is -1.46. The Kier molecular flexibility index (Phi) is 6.35. The van der Waals surface area contributed by atoms with Gasteiger partial charge in [-0.2, -0.15) is 0 Å². The summed E-state index contributed by atoms with van der Waals surface area (Å²) in [6, 6.07) is 6.10. The molecule has 1 fully saturated rings. The van der Waals surface area contributed by atoms with E-state index in [-0.39, 0.29) is 17.3 Å². The van der Waals surface area contributed by atoms with Crippen molar-refractivity contribution in [2.75, 3.05) is 19.6 Å². The van der Waals surface area contributed by atoms with Crippen molar-refractivity contribution in [1.82, 2.24) is 10.2 Å². The number of carbonyl (C=O) groups excluding carboxylic acids is 1. The van der Waals surface area contributed by atoms with E-state index >= 15 is 0 Å². The Balaban J connectivity index is 1.80. The van der Waals surface area contributed by atoms with E-state index in [9.17, 15) is 14.3 Å². The number of halogens is 1. The molecule has 4 nitrogen and oxygen atoms in total. The molecule has 1 aliphatic heterocycles. The molecule has 5 heteroatoms. The lowest BCUT2D eigenvalue weighted by molar-refractivity contribution is -0.130. The molecule has 0 aliphatic carbocycles. The normalized spacial score (nSPS) is 17.8. The van der Waals surface area contributed by atoms with Gasteiger partial charge in [-0.15, -0.1) is 0 Å². The van der Waals surface area contributed by atoms with Crippen molar-refractivity contribution in [3.63, 3.8) is 0 Å². The average molecular weight is 336 g/mol. The molecule has 1 aromatic carbocycles. The molecule has 24 heavy (non-hydrogen) atoms. The third-order valence-corrected chi connectivity index (χ3v) is 4.87. The Morgan fingerprint density at radius 2 is 2.08 bits per heavy atom. The van der Waals surface area contributed by atoms with Crippen LogP contribution in [0.25, 0.3) is 0 Å². The van der Waals surface area contributed by atoms with Crippen LogP contribution in [0, 0.1) is 11.7 Å². The van der Waals surface area contributed by atoms with Crippen LogP contribution in [-0.4, -0.2) is 41.1 Å². The first-order valence-corrected chi connectivity index (χ1v) is 8.71. The summed E-state index contributed by atoms with van der Waals surface area (Å²) >= 11 is 0. The zero-order valence-electron chi connectivity index (χ0n) is 14.9. The number of aliphatic hydroxyl groups is 1. The Labute approximate surface area is 144 Å². The van der Waals surface area contributed by atoms with Gasteiger partial charge in [-0.3, -0.25) is 4.79 Å². The highest BCUT2D eigenvalue weighted by Gasteiger charge is 2.27. The summed E-state index contributed by atoms with van der Waals surface area (Å²) in [5.74, 6) is 0.404. The van der Waals surface area contributed by atoms with Gasteiger partial charge in [-0.1, -0.05) is 12.1 Å². The fourth-order valence-electron chi connectivity index (χ4n) is 3.45. The SMILES string of the molecule is CC(=O)N1CCC(CC(C)(C)NC[C@H](O)c2cccc(F)c2)CC1. The first-order chi connectivity index (χ1) is 11.3. The van der Waals surface area contributed by atoms with Gasteiger partial charge in [0.1, 0.15) is 5.82 Å². The predicted octanol–water partition coefficient (Wildman–Crippen LogP) is 2.88. The molecule has 2 rings (SSSR count). The minimum Gasteiger partial charge on any atom is -0.387 e.